The maximum Gasteiger partial charge on any atom is 0.168 e. The number of halogens is 2. The number of rotatable bonds is 2. The van der Waals surface area contributed by atoms with E-state index in [-0.39, 0.29) is 11.1 Å². The second-order valence-corrected chi connectivity index (χ2v) is 6.52. The van der Waals surface area contributed by atoms with Gasteiger partial charge in [-0.2, -0.15) is 5.10 Å². The molecule has 0 fully saturated rings. The Morgan fingerprint density at radius 1 is 1.08 bits per heavy atom. The van der Waals surface area contributed by atoms with Crippen LogP contribution >= 0.6 is 0 Å². The molecule has 0 unspecified atom stereocenters. The molecule has 4 heterocycles. The highest BCUT2D eigenvalue weighted by molar-refractivity contribution is 5.80. The lowest BCUT2D eigenvalue weighted by Crippen LogP contribution is -1.99. The van der Waals surface area contributed by atoms with Gasteiger partial charge in [0.25, 0.3) is 0 Å². The molecule has 3 aromatic heterocycles. The molecule has 1 aliphatic rings. The third-order valence-electron chi connectivity index (χ3n) is 4.91. The number of aromatic nitrogens is 5. The molecule has 0 amide bonds. The Kier molecular flexibility index (Phi) is 3.19. The molecule has 0 bridgehead atoms. The van der Waals surface area contributed by atoms with Gasteiger partial charge in [-0.3, -0.25) is 0 Å². The molecule has 0 aliphatic carbocycles. The summed E-state index contributed by atoms with van der Waals surface area (Å²) in [4.78, 5) is 8.80. The number of hydrogen-bond donors (Lipinski definition) is 0. The number of pyridine rings is 1. The van der Waals surface area contributed by atoms with Crippen molar-refractivity contribution in [1.29, 1.82) is 0 Å². The molecule has 0 spiro atoms. The predicted octanol–water partition coefficient (Wildman–Crippen LogP) is 3.79. The normalized spacial score (nSPS) is 13.5. The summed E-state index contributed by atoms with van der Waals surface area (Å²) in [6, 6.07) is 6.96. The van der Waals surface area contributed by atoms with Crippen LogP contribution in [-0.4, -0.2) is 24.1 Å². The standard InChI is InChI=1S/C19H15F2N5/c1-11-4-6-13(17(21)16(11)20)18-19(25-8-2-3-15(25)24-18)12-5-7-14-22-10-23-26(14)9-12/h4-7,9-10H,2-3,8H2,1H3. The zero-order chi connectivity index (χ0) is 17.8. The molecule has 26 heavy (non-hydrogen) atoms. The fraction of sp³-hybridized carbons (Fsp3) is 0.211. The van der Waals surface area contributed by atoms with Crippen LogP contribution in [0.15, 0.2) is 36.8 Å². The highest BCUT2D eigenvalue weighted by atomic mass is 19.2. The van der Waals surface area contributed by atoms with Crippen LogP contribution in [-0.2, 0) is 13.0 Å². The minimum Gasteiger partial charge on any atom is -0.327 e. The summed E-state index contributed by atoms with van der Waals surface area (Å²) in [6.45, 7) is 2.36. The predicted molar refractivity (Wildman–Crippen MR) is 92.6 cm³/mol. The molecule has 0 N–H and O–H groups in total. The third-order valence-corrected chi connectivity index (χ3v) is 4.91. The Labute approximate surface area is 147 Å². The Morgan fingerprint density at radius 2 is 1.96 bits per heavy atom. The van der Waals surface area contributed by atoms with Crippen molar-refractivity contribution in [1.82, 2.24) is 24.1 Å². The van der Waals surface area contributed by atoms with E-state index in [1.807, 2.05) is 18.3 Å². The number of nitrogens with zero attached hydrogens (tertiary/aromatic N) is 5. The SMILES string of the molecule is Cc1ccc(-c2nc3n(c2-c2ccc4ncnn4c2)CCC3)c(F)c1F. The fourth-order valence-electron chi connectivity index (χ4n) is 3.59. The first-order valence-corrected chi connectivity index (χ1v) is 8.47. The van der Waals surface area contributed by atoms with Crippen molar-refractivity contribution in [2.24, 2.45) is 0 Å². The largest absolute Gasteiger partial charge is 0.327 e. The average molecular weight is 351 g/mol. The second-order valence-electron chi connectivity index (χ2n) is 6.52. The molecule has 5 rings (SSSR count). The monoisotopic (exact) mass is 351 g/mol. The van der Waals surface area contributed by atoms with Gasteiger partial charge in [-0.25, -0.2) is 23.3 Å². The third kappa shape index (κ3) is 2.09. The molecule has 1 aromatic carbocycles. The summed E-state index contributed by atoms with van der Waals surface area (Å²) in [5.74, 6) is -0.785. The van der Waals surface area contributed by atoms with E-state index in [9.17, 15) is 8.78 Å². The second kappa shape index (κ2) is 5.45. The summed E-state index contributed by atoms with van der Waals surface area (Å²) in [5.41, 5.74) is 3.29. The molecule has 0 saturated heterocycles. The zero-order valence-electron chi connectivity index (χ0n) is 14.1. The van der Waals surface area contributed by atoms with E-state index in [0.717, 1.165) is 42.1 Å². The Morgan fingerprint density at radius 3 is 2.85 bits per heavy atom. The van der Waals surface area contributed by atoms with Crippen LogP contribution in [0.2, 0.25) is 0 Å². The van der Waals surface area contributed by atoms with Crippen molar-refractivity contribution in [3.8, 4) is 22.5 Å². The maximum absolute atomic E-state index is 14.7. The lowest BCUT2D eigenvalue weighted by atomic mass is 10.0. The molecular weight excluding hydrogens is 336 g/mol. The first kappa shape index (κ1) is 15.2. The topological polar surface area (TPSA) is 48.0 Å². The molecule has 130 valence electrons. The van der Waals surface area contributed by atoms with Crippen LogP contribution in [0, 0.1) is 18.6 Å². The summed E-state index contributed by atoms with van der Waals surface area (Å²) in [5, 5.41) is 4.17. The van der Waals surface area contributed by atoms with Crippen LogP contribution < -0.4 is 0 Å². The highest BCUT2D eigenvalue weighted by Crippen LogP contribution is 2.37. The number of imidazole rings is 1. The van der Waals surface area contributed by atoms with Gasteiger partial charge in [0.2, 0.25) is 0 Å². The molecule has 7 heteroatoms. The number of hydrogen-bond acceptors (Lipinski definition) is 3. The highest BCUT2D eigenvalue weighted by Gasteiger charge is 2.26. The van der Waals surface area contributed by atoms with Crippen molar-refractivity contribution >= 4 is 5.65 Å². The Bertz CT molecular complexity index is 1160. The van der Waals surface area contributed by atoms with Crippen molar-refractivity contribution in [3.63, 3.8) is 0 Å². The van der Waals surface area contributed by atoms with E-state index >= 15 is 0 Å². The van der Waals surface area contributed by atoms with Crippen LogP contribution in [0.1, 0.15) is 17.8 Å². The lowest BCUT2D eigenvalue weighted by Gasteiger charge is -2.10. The molecule has 0 saturated carbocycles. The van der Waals surface area contributed by atoms with Crippen LogP contribution in [0.25, 0.3) is 28.2 Å². The molecule has 0 atom stereocenters. The van der Waals surface area contributed by atoms with Gasteiger partial charge in [-0.1, -0.05) is 6.07 Å². The van der Waals surface area contributed by atoms with Crippen LogP contribution in [0.5, 0.6) is 0 Å². The summed E-state index contributed by atoms with van der Waals surface area (Å²) < 4.78 is 32.6. The van der Waals surface area contributed by atoms with Gasteiger partial charge in [-0.05, 0) is 37.1 Å². The van der Waals surface area contributed by atoms with E-state index in [2.05, 4.69) is 19.6 Å². The van der Waals surface area contributed by atoms with Gasteiger partial charge >= 0.3 is 0 Å². The van der Waals surface area contributed by atoms with Gasteiger partial charge in [0.05, 0.1) is 11.4 Å². The van der Waals surface area contributed by atoms with E-state index in [4.69, 9.17) is 0 Å². The first-order chi connectivity index (χ1) is 12.6. The van der Waals surface area contributed by atoms with Crippen LogP contribution in [0.3, 0.4) is 0 Å². The first-order valence-electron chi connectivity index (χ1n) is 8.47. The van der Waals surface area contributed by atoms with Gasteiger partial charge in [0.15, 0.2) is 17.3 Å². The lowest BCUT2D eigenvalue weighted by molar-refractivity contribution is 0.505. The maximum atomic E-state index is 14.7. The Balaban J connectivity index is 1.79. The van der Waals surface area contributed by atoms with Gasteiger partial charge in [0.1, 0.15) is 12.2 Å². The summed E-state index contributed by atoms with van der Waals surface area (Å²) in [6.07, 6.45) is 5.15. The fourth-order valence-corrected chi connectivity index (χ4v) is 3.59. The Hall–Kier alpha value is -3.09. The molecule has 5 nitrogen and oxygen atoms in total. The van der Waals surface area contributed by atoms with Gasteiger partial charge in [-0.15, -0.1) is 0 Å². The number of aryl methyl sites for hydroxylation is 2. The van der Waals surface area contributed by atoms with Crippen molar-refractivity contribution < 1.29 is 8.78 Å². The number of fused-ring (bicyclic) bond motifs is 2. The minimum atomic E-state index is -0.857. The summed E-state index contributed by atoms with van der Waals surface area (Å²) in [7, 11) is 0. The van der Waals surface area contributed by atoms with E-state index < -0.39 is 11.6 Å². The van der Waals surface area contributed by atoms with Crippen molar-refractivity contribution in [3.05, 3.63) is 59.8 Å². The van der Waals surface area contributed by atoms with Gasteiger partial charge in [0, 0.05) is 30.3 Å². The van der Waals surface area contributed by atoms with Crippen molar-refractivity contribution in [2.75, 3.05) is 0 Å². The van der Waals surface area contributed by atoms with Crippen molar-refractivity contribution in [2.45, 2.75) is 26.3 Å². The van der Waals surface area contributed by atoms with E-state index in [1.165, 1.54) is 6.33 Å². The van der Waals surface area contributed by atoms with Gasteiger partial charge < -0.3 is 4.57 Å². The summed E-state index contributed by atoms with van der Waals surface area (Å²) >= 11 is 0. The molecule has 1 aliphatic heterocycles. The smallest absolute Gasteiger partial charge is 0.168 e. The number of benzene rings is 1. The quantitative estimate of drug-likeness (QED) is 0.552. The van der Waals surface area contributed by atoms with Crippen LogP contribution in [0.4, 0.5) is 8.78 Å². The molecule has 4 aromatic rings. The van der Waals surface area contributed by atoms with E-state index in [1.54, 1.807) is 23.6 Å². The zero-order valence-corrected chi connectivity index (χ0v) is 14.1. The average Bonchev–Trinajstić information content (AvgIpc) is 3.34. The molecular formula is C19H15F2N5. The minimum absolute atomic E-state index is 0.184. The van der Waals surface area contributed by atoms with E-state index in [0.29, 0.717) is 5.69 Å². The molecule has 0 radical (unpaired) electrons.